The van der Waals surface area contributed by atoms with Crippen LogP contribution in [0.15, 0.2) is 115 Å². The maximum absolute atomic E-state index is 13.6. The van der Waals surface area contributed by atoms with E-state index in [1.54, 1.807) is 66.7 Å². The van der Waals surface area contributed by atoms with Gasteiger partial charge in [-0.3, -0.25) is 0 Å². The van der Waals surface area contributed by atoms with Crippen molar-refractivity contribution in [2.75, 3.05) is 6.61 Å². The van der Waals surface area contributed by atoms with E-state index in [-0.39, 0.29) is 6.61 Å². The van der Waals surface area contributed by atoms with Crippen molar-refractivity contribution < 1.29 is 38.4 Å². The highest BCUT2D eigenvalue weighted by Crippen LogP contribution is 2.57. The minimum absolute atomic E-state index is 0.0461. The Bertz CT molecular complexity index is 2180. The Hall–Kier alpha value is -5.99. The summed E-state index contributed by atoms with van der Waals surface area (Å²) in [5.41, 5.74) is 5.93. The molecule has 0 amide bonds. The molecule has 0 aromatic heterocycles. The summed E-state index contributed by atoms with van der Waals surface area (Å²) in [5.74, 6) is 0.445. The van der Waals surface area contributed by atoms with Crippen LogP contribution in [0, 0.1) is 0 Å². The third-order valence-corrected chi connectivity index (χ3v) is 10.5. The van der Waals surface area contributed by atoms with E-state index in [1.807, 2.05) is 36.4 Å². The number of hydrogen-bond donors (Lipinski definition) is 1. The van der Waals surface area contributed by atoms with Crippen molar-refractivity contribution in [3.05, 3.63) is 160 Å². The van der Waals surface area contributed by atoms with Crippen LogP contribution >= 0.6 is 0 Å². The number of carbonyl (C=O) groups is 3. The van der Waals surface area contributed by atoms with Crippen molar-refractivity contribution in [1.82, 2.24) is 0 Å². The second kappa shape index (κ2) is 17.0. The van der Waals surface area contributed by atoms with E-state index in [2.05, 4.69) is 19.1 Å². The first-order valence-corrected chi connectivity index (χ1v) is 19.0. The Morgan fingerprint density at radius 1 is 0.655 bits per heavy atom. The largest absolute Gasteiger partial charge is 0.494 e. The van der Waals surface area contributed by atoms with Crippen molar-refractivity contribution >= 4 is 24.0 Å². The van der Waals surface area contributed by atoms with Crippen molar-refractivity contribution in [3.8, 4) is 23.0 Å². The smallest absolute Gasteiger partial charge is 0.343 e. The molecule has 8 heteroatoms. The molecule has 5 aromatic carbocycles. The molecule has 1 unspecified atom stereocenters. The highest BCUT2D eigenvalue weighted by atomic mass is 16.5. The van der Waals surface area contributed by atoms with Gasteiger partial charge >= 0.3 is 17.9 Å². The van der Waals surface area contributed by atoms with E-state index < -0.39 is 23.3 Å². The zero-order valence-corrected chi connectivity index (χ0v) is 30.9. The molecule has 0 radical (unpaired) electrons. The number of benzene rings is 5. The Labute approximate surface area is 321 Å². The molecule has 5 aromatic rings. The lowest BCUT2D eigenvalue weighted by molar-refractivity contribution is -0.129. The number of hydrogen-bond acceptors (Lipinski definition) is 8. The number of unbranched alkanes of at least 4 members (excludes halogenated alkanes) is 3. The average Bonchev–Trinajstić information content (AvgIpc) is 3.79. The van der Waals surface area contributed by atoms with Gasteiger partial charge in [-0.15, -0.1) is 0 Å². The van der Waals surface area contributed by atoms with E-state index in [1.165, 1.54) is 18.9 Å². The molecule has 0 saturated heterocycles. The Kier molecular flexibility index (Phi) is 11.5. The van der Waals surface area contributed by atoms with Crippen LogP contribution in [0.5, 0.6) is 23.0 Å². The number of aliphatic hydroxyl groups is 1. The molecule has 55 heavy (non-hydrogen) atoms. The molecule has 0 fully saturated rings. The molecule has 2 aliphatic rings. The Morgan fingerprint density at radius 3 is 1.84 bits per heavy atom. The number of esters is 3. The first kappa shape index (κ1) is 37.3. The van der Waals surface area contributed by atoms with Crippen LogP contribution in [0.2, 0.25) is 0 Å². The van der Waals surface area contributed by atoms with Crippen LogP contribution in [-0.2, 0) is 29.7 Å². The average molecular weight is 737 g/mol. The van der Waals surface area contributed by atoms with Gasteiger partial charge in [-0.05, 0) is 121 Å². The molecular weight excluding hydrogens is 693 g/mol. The fourth-order valence-electron chi connectivity index (χ4n) is 7.70. The van der Waals surface area contributed by atoms with Crippen LogP contribution in [0.1, 0.15) is 99.5 Å². The van der Waals surface area contributed by atoms with Crippen LogP contribution in [0.25, 0.3) is 6.08 Å². The highest BCUT2D eigenvalue weighted by Gasteiger charge is 2.49. The van der Waals surface area contributed by atoms with E-state index in [0.29, 0.717) is 40.7 Å². The summed E-state index contributed by atoms with van der Waals surface area (Å²) in [6.07, 6.45) is 10.7. The van der Waals surface area contributed by atoms with Gasteiger partial charge in [0.05, 0.1) is 24.3 Å². The lowest BCUT2D eigenvalue weighted by Crippen LogP contribution is -2.24. The molecule has 1 N–H and O–H groups in total. The predicted octanol–water partition coefficient (Wildman–Crippen LogP) is 9.37. The van der Waals surface area contributed by atoms with Crippen molar-refractivity contribution in [2.24, 2.45) is 0 Å². The topological polar surface area (TPSA) is 108 Å². The van der Waals surface area contributed by atoms with Gasteiger partial charge in [0.2, 0.25) is 0 Å². The van der Waals surface area contributed by atoms with Crippen molar-refractivity contribution in [2.45, 2.75) is 70.3 Å². The molecule has 280 valence electrons. The molecule has 0 bridgehead atoms. The molecule has 1 atom stereocenters. The fraction of sp³-hybridized carbons (Fsp3) is 0.255. The molecule has 1 spiro atoms. The summed E-state index contributed by atoms with van der Waals surface area (Å²) in [5, 5.41) is 9.31. The summed E-state index contributed by atoms with van der Waals surface area (Å²) in [4.78, 5) is 39.5. The number of rotatable bonds is 14. The predicted molar refractivity (Wildman–Crippen MR) is 210 cm³/mol. The van der Waals surface area contributed by atoms with Gasteiger partial charge in [0.1, 0.15) is 23.0 Å². The lowest BCUT2D eigenvalue weighted by Gasteiger charge is -2.29. The van der Waals surface area contributed by atoms with Gasteiger partial charge in [-0.25, -0.2) is 14.4 Å². The molecule has 0 heterocycles. The Morgan fingerprint density at radius 2 is 1.24 bits per heavy atom. The fourth-order valence-corrected chi connectivity index (χ4v) is 7.70. The zero-order valence-electron chi connectivity index (χ0n) is 30.9. The van der Waals surface area contributed by atoms with E-state index in [9.17, 15) is 19.5 Å². The molecule has 0 aliphatic heterocycles. The van der Waals surface area contributed by atoms with Gasteiger partial charge in [-0.1, -0.05) is 74.7 Å². The molecule has 2 aliphatic carbocycles. The SMILES string of the molecule is CCCCCCOc1ccc(C(=O)Oc2ccc(C(=O)Oc3cccc4c3C3(CCc5cccc(OC(=O)/C=C/c6ccc(CO)cc6)c53)CC4)cc2)cc1. The number of aliphatic hydroxyl groups excluding tert-OH is 1. The maximum atomic E-state index is 13.6. The standard InChI is InChI=1S/C47H44O8/c1-2-3-4-5-30-52-38-21-17-36(18-22-38)45(50)53-39-23-19-37(20-24-39)46(51)55-41-11-7-9-35-27-29-47(44(35)41)28-26-34-8-6-10-40(43(34)47)54-42(49)25-16-32-12-14-33(31-48)15-13-32/h6-25,48H,2-5,26-31H2,1H3/b25-16+. The second-order valence-corrected chi connectivity index (χ2v) is 14.1. The van der Waals surface area contributed by atoms with Crippen LogP contribution in [-0.4, -0.2) is 29.6 Å². The third-order valence-electron chi connectivity index (χ3n) is 10.5. The first-order chi connectivity index (χ1) is 26.9. The van der Waals surface area contributed by atoms with Gasteiger partial charge in [0.15, 0.2) is 0 Å². The van der Waals surface area contributed by atoms with Crippen LogP contribution < -0.4 is 18.9 Å². The summed E-state index contributed by atoms with van der Waals surface area (Å²) < 4.78 is 23.5. The van der Waals surface area contributed by atoms with Crippen LogP contribution in [0.4, 0.5) is 0 Å². The van der Waals surface area contributed by atoms with Gasteiger partial charge in [0, 0.05) is 22.6 Å². The highest BCUT2D eigenvalue weighted by molar-refractivity contribution is 5.93. The summed E-state index contributed by atoms with van der Waals surface area (Å²) in [7, 11) is 0. The maximum Gasteiger partial charge on any atom is 0.343 e. The minimum Gasteiger partial charge on any atom is -0.494 e. The summed E-state index contributed by atoms with van der Waals surface area (Å²) in [6, 6.07) is 32.0. The normalized spacial score (nSPS) is 15.5. The minimum atomic E-state index is -0.534. The lowest BCUT2D eigenvalue weighted by atomic mass is 9.76. The second-order valence-electron chi connectivity index (χ2n) is 14.1. The third kappa shape index (κ3) is 8.40. The monoisotopic (exact) mass is 736 g/mol. The van der Waals surface area contributed by atoms with Crippen molar-refractivity contribution in [3.63, 3.8) is 0 Å². The van der Waals surface area contributed by atoms with Crippen molar-refractivity contribution in [1.29, 1.82) is 0 Å². The van der Waals surface area contributed by atoms with E-state index in [0.717, 1.165) is 71.9 Å². The summed E-state index contributed by atoms with van der Waals surface area (Å²) in [6.45, 7) is 2.76. The number of ether oxygens (including phenoxy) is 4. The molecule has 7 rings (SSSR count). The van der Waals surface area contributed by atoms with E-state index >= 15 is 0 Å². The van der Waals surface area contributed by atoms with Gasteiger partial charge in [0.25, 0.3) is 0 Å². The van der Waals surface area contributed by atoms with Gasteiger partial charge in [-0.2, -0.15) is 0 Å². The number of fused-ring (bicyclic) bond motifs is 4. The van der Waals surface area contributed by atoms with Gasteiger partial charge < -0.3 is 24.1 Å². The molecule has 0 saturated carbocycles. The van der Waals surface area contributed by atoms with E-state index in [4.69, 9.17) is 18.9 Å². The summed E-state index contributed by atoms with van der Waals surface area (Å²) >= 11 is 0. The molecular formula is C47H44O8. The quantitative estimate of drug-likeness (QED) is 0.0520. The Balaban J connectivity index is 1.03. The number of carbonyl (C=O) groups excluding carboxylic acids is 3. The van der Waals surface area contributed by atoms with Crippen LogP contribution in [0.3, 0.4) is 0 Å². The number of aryl methyl sites for hydroxylation is 2. The zero-order chi connectivity index (χ0) is 38.2. The molecule has 8 nitrogen and oxygen atoms in total. The first-order valence-electron chi connectivity index (χ1n) is 19.0.